The van der Waals surface area contributed by atoms with E-state index in [1.165, 1.54) is 6.20 Å². The second kappa shape index (κ2) is 13.8. The highest BCUT2D eigenvalue weighted by atomic mass is 35.5. The molecular weight excluding hydrogens is 562 g/mol. The van der Waals surface area contributed by atoms with Crippen LogP contribution in [0.1, 0.15) is 41.8 Å². The van der Waals surface area contributed by atoms with Gasteiger partial charge in [0.1, 0.15) is 17.1 Å². The molecule has 4 rings (SSSR count). The summed E-state index contributed by atoms with van der Waals surface area (Å²) < 4.78 is 11.0. The van der Waals surface area contributed by atoms with Crippen LogP contribution < -0.4 is 10.6 Å². The molecule has 4 amide bonds. The maximum Gasteiger partial charge on any atom is 0.294 e. The Morgan fingerprint density at radius 3 is 2.38 bits per heavy atom. The van der Waals surface area contributed by atoms with Crippen molar-refractivity contribution in [3.05, 3.63) is 52.9 Å². The van der Waals surface area contributed by atoms with Gasteiger partial charge in [0.2, 0.25) is 23.5 Å². The molecule has 11 nitrogen and oxygen atoms in total. The van der Waals surface area contributed by atoms with Gasteiger partial charge in [-0.3, -0.25) is 19.2 Å². The molecule has 1 aromatic carbocycles. The molecule has 2 aromatic heterocycles. The second-order valence-electron chi connectivity index (χ2n) is 10.7. The number of amides is 4. The maximum atomic E-state index is 13.5. The summed E-state index contributed by atoms with van der Waals surface area (Å²) in [6.45, 7) is 0.876. The molecule has 224 valence electrons. The molecule has 0 aliphatic heterocycles. The van der Waals surface area contributed by atoms with Crippen molar-refractivity contribution in [2.24, 2.45) is 11.8 Å². The first-order chi connectivity index (χ1) is 20.1. The highest BCUT2D eigenvalue weighted by molar-refractivity contribution is 6.30. The van der Waals surface area contributed by atoms with Crippen molar-refractivity contribution in [1.82, 2.24) is 14.8 Å². The maximum absolute atomic E-state index is 13.5. The Bertz CT molecular complexity index is 1450. The number of nitrogens with one attached hydrogen (secondary N) is 2. The predicted molar refractivity (Wildman–Crippen MR) is 159 cm³/mol. The number of hydrogen-bond donors (Lipinski definition) is 2. The van der Waals surface area contributed by atoms with Crippen LogP contribution in [0.25, 0.3) is 11.0 Å². The third kappa shape index (κ3) is 7.46. The van der Waals surface area contributed by atoms with E-state index >= 15 is 0 Å². The van der Waals surface area contributed by atoms with Crippen molar-refractivity contribution >= 4 is 57.7 Å². The molecule has 12 heteroatoms. The van der Waals surface area contributed by atoms with Crippen molar-refractivity contribution in [2.45, 2.75) is 32.1 Å². The zero-order valence-electron chi connectivity index (χ0n) is 24.2. The lowest BCUT2D eigenvalue weighted by Gasteiger charge is -2.28. The van der Waals surface area contributed by atoms with E-state index in [9.17, 15) is 19.2 Å². The zero-order chi connectivity index (χ0) is 30.4. The topological polar surface area (TPSA) is 134 Å². The monoisotopic (exact) mass is 597 g/mol. The number of fused-ring (bicyclic) bond motifs is 1. The summed E-state index contributed by atoms with van der Waals surface area (Å²) in [5.41, 5.74) is 1.29. The lowest BCUT2D eigenvalue weighted by atomic mass is 9.81. The summed E-state index contributed by atoms with van der Waals surface area (Å²) in [5, 5.41) is 6.53. The zero-order valence-corrected chi connectivity index (χ0v) is 25.0. The first kappa shape index (κ1) is 31.0. The Balaban J connectivity index is 1.60. The van der Waals surface area contributed by atoms with Crippen LogP contribution in [0.5, 0.6) is 0 Å². The van der Waals surface area contributed by atoms with Crippen LogP contribution in [0, 0.1) is 11.8 Å². The molecule has 2 heterocycles. The lowest BCUT2D eigenvalue weighted by Crippen LogP contribution is -2.35. The number of hydrogen-bond acceptors (Lipinski definition) is 7. The third-order valence-electron chi connectivity index (χ3n) is 7.48. The van der Waals surface area contributed by atoms with Gasteiger partial charge in [-0.15, -0.1) is 0 Å². The number of carbonyl (C=O) groups is 4. The average Bonchev–Trinajstić information content (AvgIpc) is 3.34. The van der Waals surface area contributed by atoms with E-state index in [1.807, 2.05) is 0 Å². The second-order valence-corrected chi connectivity index (χ2v) is 11.1. The van der Waals surface area contributed by atoms with Crippen LogP contribution in [0.4, 0.5) is 11.5 Å². The largest absolute Gasteiger partial charge is 0.449 e. The van der Waals surface area contributed by atoms with Crippen LogP contribution in [-0.2, 0) is 25.5 Å². The van der Waals surface area contributed by atoms with Crippen LogP contribution in [0.15, 0.2) is 40.9 Å². The number of carbonyl (C=O) groups excluding carboxylic acids is 4. The number of furan rings is 1. The van der Waals surface area contributed by atoms with Crippen LogP contribution in [0.3, 0.4) is 0 Å². The number of methoxy groups -OCH3 is 1. The molecule has 3 aromatic rings. The Hall–Kier alpha value is -3.96. The molecule has 1 aliphatic carbocycles. The standard InChI is InChI=1S/C30H36ClN5O6/c1-35(2)30(40)20-8-6-19(7-9-20)28(38)34-26-22-15-18(16-25(37)36(3)13-14-41-4)5-11-23(22)42-27(26)29(39)33-24-12-10-21(31)17-32-24/h5,10-12,15,17,19-20H,6-9,13-14,16H2,1-4H3,(H,34,38)(H,32,33,39). The van der Waals surface area contributed by atoms with Gasteiger partial charge in [-0.2, -0.15) is 0 Å². The van der Waals surface area contributed by atoms with Gasteiger partial charge in [0.05, 0.1) is 18.1 Å². The van der Waals surface area contributed by atoms with E-state index in [4.69, 9.17) is 20.8 Å². The average molecular weight is 598 g/mol. The highest BCUT2D eigenvalue weighted by Gasteiger charge is 2.32. The van der Waals surface area contributed by atoms with E-state index in [0.29, 0.717) is 60.4 Å². The first-order valence-corrected chi connectivity index (χ1v) is 14.2. The van der Waals surface area contributed by atoms with Crippen molar-refractivity contribution in [2.75, 3.05) is 52.0 Å². The Kier molecular flexibility index (Phi) is 10.2. The minimum absolute atomic E-state index is 0.0689. The fourth-order valence-electron chi connectivity index (χ4n) is 5.02. The molecule has 1 aliphatic rings. The minimum Gasteiger partial charge on any atom is -0.449 e. The van der Waals surface area contributed by atoms with Crippen molar-refractivity contribution in [1.29, 1.82) is 0 Å². The Labute approximate surface area is 249 Å². The number of ether oxygens (including phenoxy) is 1. The molecule has 1 saturated carbocycles. The van der Waals surface area contributed by atoms with Crippen LogP contribution in [-0.4, -0.2) is 79.8 Å². The molecule has 0 spiro atoms. The number of benzene rings is 1. The summed E-state index contributed by atoms with van der Waals surface area (Å²) in [7, 11) is 6.75. The number of likely N-dealkylation sites (N-methyl/N-ethyl adjacent to an activating group) is 1. The van der Waals surface area contributed by atoms with Gasteiger partial charge >= 0.3 is 0 Å². The number of anilines is 2. The fraction of sp³-hybridized carbons (Fsp3) is 0.433. The van der Waals surface area contributed by atoms with E-state index < -0.39 is 5.91 Å². The third-order valence-corrected chi connectivity index (χ3v) is 7.70. The predicted octanol–water partition coefficient (Wildman–Crippen LogP) is 4.21. The van der Waals surface area contributed by atoms with Gasteiger partial charge in [-0.25, -0.2) is 4.98 Å². The van der Waals surface area contributed by atoms with E-state index in [-0.39, 0.29) is 53.2 Å². The summed E-state index contributed by atoms with van der Waals surface area (Å²) in [5.74, 6) is -1.15. The van der Waals surface area contributed by atoms with Gasteiger partial charge in [0.15, 0.2) is 0 Å². The van der Waals surface area contributed by atoms with E-state index in [2.05, 4.69) is 15.6 Å². The van der Waals surface area contributed by atoms with Gasteiger partial charge in [0, 0.05) is 58.2 Å². The molecule has 0 saturated heterocycles. The molecule has 0 unspecified atom stereocenters. The van der Waals surface area contributed by atoms with Crippen LogP contribution in [0.2, 0.25) is 5.02 Å². The SMILES string of the molecule is COCCN(C)C(=O)Cc1ccc2oc(C(=O)Nc3ccc(Cl)cn3)c(NC(=O)C3CCC(C(=O)N(C)C)CC3)c2c1. The normalized spacial score (nSPS) is 16.6. The summed E-state index contributed by atoms with van der Waals surface area (Å²) >= 11 is 5.92. The quantitative estimate of drug-likeness (QED) is 0.357. The van der Waals surface area contributed by atoms with Crippen molar-refractivity contribution in [3.8, 4) is 0 Å². The summed E-state index contributed by atoms with van der Waals surface area (Å²) in [6, 6.07) is 8.33. The number of halogens is 1. The van der Waals surface area contributed by atoms with Gasteiger partial charge < -0.3 is 29.6 Å². The molecule has 0 bridgehead atoms. The van der Waals surface area contributed by atoms with Gasteiger partial charge in [0.25, 0.3) is 5.91 Å². The molecule has 0 atom stereocenters. The number of pyridine rings is 1. The Morgan fingerprint density at radius 2 is 1.74 bits per heavy atom. The number of nitrogens with zero attached hydrogens (tertiary/aromatic N) is 3. The molecule has 2 N–H and O–H groups in total. The van der Waals surface area contributed by atoms with Crippen molar-refractivity contribution < 1.29 is 28.3 Å². The first-order valence-electron chi connectivity index (χ1n) is 13.8. The summed E-state index contributed by atoms with van der Waals surface area (Å²) in [6.07, 6.45) is 3.85. The van der Waals surface area contributed by atoms with Crippen molar-refractivity contribution in [3.63, 3.8) is 0 Å². The lowest BCUT2D eigenvalue weighted by molar-refractivity contribution is -0.135. The van der Waals surface area contributed by atoms with Gasteiger partial charge in [-0.1, -0.05) is 17.7 Å². The number of rotatable bonds is 10. The smallest absolute Gasteiger partial charge is 0.294 e. The molecule has 0 radical (unpaired) electrons. The number of aromatic nitrogens is 1. The fourth-order valence-corrected chi connectivity index (χ4v) is 5.13. The van der Waals surface area contributed by atoms with Gasteiger partial charge in [-0.05, 0) is 55.5 Å². The highest BCUT2D eigenvalue weighted by Crippen LogP contribution is 2.35. The van der Waals surface area contributed by atoms with Crippen LogP contribution >= 0.6 is 11.6 Å². The van der Waals surface area contributed by atoms with E-state index in [1.54, 1.807) is 68.4 Å². The molecular formula is C30H36ClN5O6. The summed E-state index contributed by atoms with van der Waals surface area (Å²) in [4.78, 5) is 59.2. The minimum atomic E-state index is -0.603. The Morgan fingerprint density at radius 1 is 1.02 bits per heavy atom. The van der Waals surface area contributed by atoms with E-state index in [0.717, 1.165) is 0 Å². The molecule has 1 fully saturated rings. The molecule has 42 heavy (non-hydrogen) atoms.